The molecule has 0 heterocycles. The third-order valence-corrected chi connectivity index (χ3v) is 2.44. The molecule has 0 aliphatic heterocycles. The fraction of sp³-hybridized carbons (Fsp3) is 0.385. The first-order valence-electron chi connectivity index (χ1n) is 5.53. The second-order valence-corrected chi connectivity index (χ2v) is 3.89. The number of carbonyl (C=O) groups is 2. The van der Waals surface area contributed by atoms with Crippen LogP contribution in [0.3, 0.4) is 0 Å². The van der Waals surface area contributed by atoms with Crippen molar-refractivity contribution in [2.24, 2.45) is 5.73 Å². The lowest BCUT2D eigenvalue weighted by molar-refractivity contribution is -0.122. The Kier molecular flexibility index (Phi) is 5.36. The number of hydrogen-bond acceptors (Lipinski definition) is 3. The van der Waals surface area contributed by atoms with E-state index >= 15 is 0 Å². The van der Waals surface area contributed by atoms with E-state index in [0.29, 0.717) is 12.0 Å². The fourth-order valence-electron chi connectivity index (χ4n) is 1.60. The van der Waals surface area contributed by atoms with Crippen LogP contribution in [0.1, 0.15) is 28.8 Å². The van der Waals surface area contributed by atoms with Crippen molar-refractivity contribution in [3.63, 3.8) is 0 Å². The topological polar surface area (TPSA) is 69.4 Å². The van der Waals surface area contributed by atoms with E-state index in [1.807, 2.05) is 6.07 Å². The van der Waals surface area contributed by atoms with Gasteiger partial charge in [0.25, 0.3) is 0 Å². The summed E-state index contributed by atoms with van der Waals surface area (Å²) in [6.07, 6.45) is 2.01. The highest BCUT2D eigenvalue weighted by molar-refractivity contribution is 5.92. The summed E-state index contributed by atoms with van der Waals surface area (Å²) in [5.74, 6) is -0.333. The van der Waals surface area contributed by atoms with Crippen molar-refractivity contribution < 1.29 is 14.3 Å². The van der Waals surface area contributed by atoms with Crippen molar-refractivity contribution in [2.45, 2.75) is 19.3 Å². The van der Waals surface area contributed by atoms with Crippen LogP contribution in [0.15, 0.2) is 24.3 Å². The number of Topliss-reactive ketones (excluding diaryl/α,β-unsaturated/α-hetero) is 1. The van der Waals surface area contributed by atoms with E-state index in [1.165, 1.54) is 7.11 Å². The molecule has 0 aliphatic rings. The number of ketones is 1. The summed E-state index contributed by atoms with van der Waals surface area (Å²) in [6, 6.07) is 7.17. The van der Waals surface area contributed by atoms with E-state index in [2.05, 4.69) is 0 Å². The number of hydrogen-bond donors (Lipinski definition) is 1. The lowest BCUT2D eigenvalue weighted by atomic mass is 10.0. The molecule has 0 bridgehead atoms. The van der Waals surface area contributed by atoms with Gasteiger partial charge in [-0.05, 0) is 30.5 Å². The van der Waals surface area contributed by atoms with Gasteiger partial charge in [-0.1, -0.05) is 12.1 Å². The number of rotatable bonds is 7. The standard InChI is InChI=1S/C13H17NO3/c1-17-9-12(15)7-3-5-10-4-2-6-11(8-10)13(14)16/h2,4,6,8H,3,5,7,9H2,1H3,(H2,14,16). The maximum absolute atomic E-state index is 11.2. The largest absolute Gasteiger partial charge is 0.377 e. The molecule has 4 nitrogen and oxygen atoms in total. The molecule has 17 heavy (non-hydrogen) atoms. The minimum atomic E-state index is -0.428. The number of aryl methyl sites for hydroxylation is 1. The molecule has 1 aromatic carbocycles. The van der Waals surface area contributed by atoms with Crippen molar-refractivity contribution in [3.8, 4) is 0 Å². The van der Waals surface area contributed by atoms with Crippen LogP contribution in [-0.4, -0.2) is 25.4 Å². The van der Waals surface area contributed by atoms with Gasteiger partial charge in [-0.25, -0.2) is 0 Å². The minimum absolute atomic E-state index is 0.0959. The molecule has 2 N–H and O–H groups in total. The smallest absolute Gasteiger partial charge is 0.248 e. The predicted molar refractivity (Wildman–Crippen MR) is 64.8 cm³/mol. The highest BCUT2D eigenvalue weighted by Gasteiger charge is 2.03. The molecule has 0 fully saturated rings. The zero-order chi connectivity index (χ0) is 12.7. The van der Waals surface area contributed by atoms with Gasteiger partial charge in [-0.15, -0.1) is 0 Å². The summed E-state index contributed by atoms with van der Waals surface area (Å²) in [5.41, 5.74) is 6.71. The molecule has 0 atom stereocenters. The molecule has 0 aromatic heterocycles. The van der Waals surface area contributed by atoms with Gasteiger partial charge in [0.2, 0.25) is 5.91 Å². The Morgan fingerprint density at radius 2 is 2.12 bits per heavy atom. The van der Waals surface area contributed by atoms with Gasteiger partial charge in [-0.3, -0.25) is 9.59 Å². The second kappa shape index (κ2) is 6.81. The van der Waals surface area contributed by atoms with Crippen LogP contribution in [0.2, 0.25) is 0 Å². The fourth-order valence-corrected chi connectivity index (χ4v) is 1.60. The van der Waals surface area contributed by atoms with Gasteiger partial charge in [0.05, 0.1) is 0 Å². The quantitative estimate of drug-likeness (QED) is 0.775. The maximum atomic E-state index is 11.2. The van der Waals surface area contributed by atoms with Crippen LogP contribution >= 0.6 is 0 Å². The van der Waals surface area contributed by atoms with E-state index in [9.17, 15) is 9.59 Å². The third-order valence-electron chi connectivity index (χ3n) is 2.44. The van der Waals surface area contributed by atoms with E-state index in [1.54, 1.807) is 18.2 Å². The Balaban J connectivity index is 2.44. The highest BCUT2D eigenvalue weighted by Crippen LogP contribution is 2.08. The van der Waals surface area contributed by atoms with Crippen molar-refractivity contribution >= 4 is 11.7 Å². The first-order chi connectivity index (χ1) is 8.13. The second-order valence-electron chi connectivity index (χ2n) is 3.89. The molecular formula is C13H17NO3. The first-order valence-corrected chi connectivity index (χ1v) is 5.53. The van der Waals surface area contributed by atoms with Gasteiger partial charge < -0.3 is 10.5 Å². The number of amides is 1. The molecule has 0 saturated heterocycles. The predicted octanol–water partition coefficient (Wildman–Crippen LogP) is 1.32. The van der Waals surface area contributed by atoms with Crippen LogP contribution in [0.5, 0.6) is 0 Å². The van der Waals surface area contributed by atoms with Gasteiger partial charge in [-0.2, -0.15) is 0 Å². The van der Waals surface area contributed by atoms with E-state index in [0.717, 1.165) is 18.4 Å². The van der Waals surface area contributed by atoms with Crippen molar-refractivity contribution in [1.29, 1.82) is 0 Å². The normalized spacial score (nSPS) is 10.2. The Bertz CT molecular complexity index is 401. The summed E-state index contributed by atoms with van der Waals surface area (Å²) in [5, 5.41) is 0. The molecule has 1 rings (SSSR count). The highest BCUT2D eigenvalue weighted by atomic mass is 16.5. The molecule has 0 spiro atoms. The van der Waals surface area contributed by atoms with Crippen molar-refractivity contribution in [1.82, 2.24) is 0 Å². The van der Waals surface area contributed by atoms with Crippen molar-refractivity contribution in [3.05, 3.63) is 35.4 Å². The molecule has 0 aliphatic carbocycles. The lowest BCUT2D eigenvalue weighted by Crippen LogP contribution is -2.11. The summed E-state index contributed by atoms with van der Waals surface area (Å²) in [7, 11) is 1.51. The number of carbonyl (C=O) groups excluding carboxylic acids is 2. The zero-order valence-electron chi connectivity index (χ0n) is 9.94. The third kappa shape index (κ3) is 4.78. The van der Waals surface area contributed by atoms with Crippen molar-refractivity contribution in [2.75, 3.05) is 13.7 Å². The SMILES string of the molecule is COCC(=O)CCCc1cccc(C(N)=O)c1. The molecule has 1 aromatic rings. The Morgan fingerprint density at radius 1 is 1.35 bits per heavy atom. The molecule has 1 amide bonds. The van der Waals surface area contributed by atoms with Crippen LogP contribution in [0.25, 0.3) is 0 Å². The first kappa shape index (κ1) is 13.4. The molecular weight excluding hydrogens is 218 g/mol. The Hall–Kier alpha value is -1.68. The van der Waals surface area contributed by atoms with Crippen LogP contribution in [0, 0.1) is 0 Å². The average Bonchev–Trinajstić information content (AvgIpc) is 2.30. The van der Waals surface area contributed by atoms with Gasteiger partial charge in [0, 0.05) is 19.1 Å². The van der Waals surface area contributed by atoms with E-state index < -0.39 is 5.91 Å². The van der Waals surface area contributed by atoms with Gasteiger partial charge in [0.1, 0.15) is 6.61 Å². The number of benzene rings is 1. The number of primary amides is 1. The minimum Gasteiger partial charge on any atom is -0.377 e. The van der Waals surface area contributed by atoms with E-state index in [4.69, 9.17) is 10.5 Å². The summed E-state index contributed by atoms with van der Waals surface area (Å²) < 4.78 is 4.75. The molecule has 0 unspecified atom stereocenters. The van der Waals surface area contributed by atoms with Crippen LogP contribution < -0.4 is 5.73 Å². The lowest BCUT2D eigenvalue weighted by Gasteiger charge is -2.03. The maximum Gasteiger partial charge on any atom is 0.248 e. The number of nitrogens with two attached hydrogens (primary N) is 1. The molecule has 0 radical (unpaired) electrons. The number of ether oxygens (including phenoxy) is 1. The Labute approximate surface area is 101 Å². The van der Waals surface area contributed by atoms with Crippen LogP contribution in [0.4, 0.5) is 0 Å². The zero-order valence-corrected chi connectivity index (χ0v) is 9.94. The monoisotopic (exact) mass is 235 g/mol. The molecule has 4 heteroatoms. The van der Waals surface area contributed by atoms with E-state index in [-0.39, 0.29) is 12.4 Å². The van der Waals surface area contributed by atoms with Gasteiger partial charge >= 0.3 is 0 Å². The van der Waals surface area contributed by atoms with Gasteiger partial charge in [0.15, 0.2) is 5.78 Å². The summed E-state index contributed by atoms with van der Waals surface area (Å²) >= 11 is 0. The van der Waals surface area contributed by atoms with Crippen LogP contribution in [-0.2, 0) is 16.0 Å². The molecule has 0 saturated carbocycles. The summed E-state index contributed by atoms with van der Waals surface area (Å²) in [4.78, 5) is 22.2. The number of methoxy groups -OCH3 is 1. The Morgan fingerprint density at radius 3 is 2.76 bits per heavy atom. The summed E-state index contributed by atoms with van der Waals surface area (Å²) in [6.45, 7) is 0.168. The molecule has 92 valence electrons. The average molecular weight is 235 g/mol.